The van der Waals surface area contributed by atoms with Gasteiger partial charge < -0.3 is 5.32 Å². The van der Waals surface area contributed by atoms with E-state index in [1.54, 1.807) is 24.6 Å². The van der Waals surface area contributed by atoms with Gasteiger partial charge in [0, 0.05) is 6.42 Å². The number of anilines is 1. The van der Waals surface area contributed by atoms with Crippen LogP contribution in [0, 0.1) is 5.82 Å². The van der Waals surface area contributed by atoms with Crippen LogP contribution in [0.5, 0.6) is 0 Å². The van der Waals surface area contributed by atoms with E-state index >= 15 is 0 Å². The van der Waals surface area contributed by atoms with Gasteiger partial charge in [0.25, 0.3) is 5.91 Å². The Hall–Kier alpha value is -1.27. The summed E-state index contributed by atoms with van der Waals surface area (Å²) in [5.74, 6) is -1.30. The molecule has 0 radical (unpaired) electrons. The summed E-state index contributed by atoms with van der Waals surface area (Å²) in [6.07, 6.45) is 4.57. The molecule has 0 aliphatic heterocycles. The highest BCUT2D eigenvalue weighted by Gasteiger charge is 2.22. The Bertz CT molecular complexity index is 552. The van der Waals surface area contributed by atoms with Crippen molar-refractivity contribution in [1.82, 2.24) is 0 Å². The highest BCUT2D eigenvalue weighted by molar-refractivity contribution is 8.21. The van der Waals surface area contributed by atoms with E-state index in [1.165, 1.54) is 35.7 Å². The molecule has 0 unspecified atom stereocenters. The van der Waals surface area contributed by atoms with Crippen molar-refractivity contribution >= 4 is 40.9 Å². The summed E-state index contributed by atoms with van der Waals surface area (Å²) in [6, 6.07) is 5.89. The first kappa shape index (κ1) is 17.8. The minimum Gasteiger partial charge on any atom is -0.319 e. The van der Waals surface area contributed by atoms with Crippen molar-refractivity contribution in [2.45, 2.75) is 19.8 Å². The summed E-state index contributed by atoms with van der Waals surface area (Å²) in [5.41, 5.74) is 0.186. The molecular formula is C15H18FNO2S2. The summed E-state index contributed by atoms with van der Waals surface area (Å²) in [6.45, 7) is 1.88. The van der Waals surface area contributed by atoms with Gasteiger partial charge in [0.2, 0.25) is 0 Å². The van der Waals surface area contributed by atoms with Crippen LogP contribution in [0.15, 0.2) is 34.1 Å². The van der Waals surface area contributed by atoms with Gasteiger partial charge in [0.05, 0.1) is 9.92 Å². The second-order valence-electron chi connectivity index (χ2n) is 4.18. The van der Waals surface area contributed by atoms with Crippen LogP contribution in [-0.2, 0) is 9.59 Å². The molecule has 0 spiro atoms. The third-order valence-electron chi connectivity index (χ3n) is 2.68. The Kier molecular flexibility index (Phi) is 7.53. The van der Waals surface area contributed by atoms with E-state index < -0.39 is 11.7 Å². The monoisotopic (exact) mass is 327 g/mol. The van der Waals surface area contributed by atoms with Gasteiger partial charge in [-0.15, -0.1) is 23.5 Å². The van der Waals surface area contributed by atoms with E-state index in [0.717, 1.165) is 0 Å². The van der Waals surface area contributed by atoms with Crippen molar-refractivity contribution in [2.24, 2.45) is 0 Å². The first-order valence-electron chi connectivity index (χ1n) is 6.46. The Morgan fingerprint density at radius 3 is 2.33 bits per heavy atom. The highest BCUT2D eigenvalue weighted by atomic mass is 32.2. The number of carbonyl (C=O) groups excluding carboxylic acids is 2. The molecule has 1 aromatic rings. The molecule has 0 fully saturated rings. The molecule has 114 valence electrons. The van der Waals surface area contributed by atoms with Crippen LogP contribution >= 0.6 is 23.5 Å². The number of hydrogen-bond acceptors (Lipinski definition) is 4. The second kappa shape index (κ2) is 8.89. The lowest BCUT2D eigenvalue weighted by atomic mass is 10.1. The molecule has 21 heavy (non-hydrogen) atoms. The van der Waals surface area contributed by atoms with Crippen LogP contribution in [0.1, 0.15) is 19.8 Å². The summed E-state index contributed by atoms with van der Waals surface area (Å²) in [4.78, 5) is 24.5. The molecule has 0 aliphatic rings. The largest absolute Gasteiger partial charge is 0.319 e. The predicted octanol–water partition coefficient (Wildman–Crippen LogP) is 4.07. The molecule has 1 aromatic carbocycles. The molecule has 0 heterocycles. The molecule has 0 saturated heterocycles. The van der Waals surface area contributed by atoms with E-state index in [4.69, 9.17) is 0 Å². The SMILES string of the molecule is CCCC(=O)C(C(=O)Nc1ccccc1F)=C(SC)SC. The van der Waals surface area contributed by atoms with E-state index in [2.05, 4.69) is 5.32 Å². The van der Waals surface area contributed by atoms with Crippen molar-refractivity contribution < 1.29 is 14.0 Å². The minimum atomic E-state index is -0.558. The van der Waals surface area contributed by atoms with E-state index in [1.807, 2.05) is 6.92 Å². The lowest BCUT2D eigenvalue weighted by Gasteiger charge is -2.12. The normalized spacial score (nSPS) is 10.1. The molecular weight excluding hydrogens is 309 g/mol. The quantitative estimate of drug-likeness (QED) is 0.466. The van der Waals surface area contributed by atoms with Crippen LogP contribution in [0.4, 0.5) is 10.1 Å². The van der Waals surface area contributed by atoms with Gasteiger partial charge in [-0.25, -0.2) is 4.39 Å². The second-order valence-corrected chi connectivity index (χ2v) is 6.07. The molecule has 0 aliphatic carbocycles. The van der Waals surface area contributed by atoms with Gasteiger partial charge in [-0.1, -0.05) is 19.1 Å². The lowest BCUT2D eigenvalue weighted by molar-refractivity contribution is -0.120. The lowest BCUT2D eigenvalue weighted by Crippen LogP contribution is -2.22. The fourth-order valence-corrected chi connectivity index (χ4v) is 3.21. The number of halogens is 1. The maximum atomic E-state index is 13.6. The molecule has 0 atom stereocenters. The average Bonchev–Trinajstić information content (AvgIpc) is 2.47. The Morgan fingerprint density at radius 2 is 1.81 bits per heavy atom. The third-order valence-corrected chi connectivity index (χ3v) is 4.83. The van der Waals surface area contributed by atoms with Crippen molar-refractivity contribution in [3.63, 3.8) is 0 Å². The molecule has 1 N–H and O–H groups in total. The van der Waals surface area contributed by atoms with Crippen LogP contribution in [0.3, 0.4) is 0 Å². The number of hydrogen-bond donors (Lipinski definition) is 1. The number of rotatable bonds is 7. The topological polar surface area (TPSA) is 46.2 Å². The van der Waals surface area contributed by atoms with Crippen molar-refractivity contribution in [2.75, 3.05) is 17.8 Å². The zero-order valence-electron chi connectivity index (χ0n) is 12.2. The van der Waals surface area contributed by atoms with Gasteiger partial charge in [0.15, 0.2) is 5.78 Å². The Labute approximate surface area is 132 Å². The van der Waals surface area contributed by atoms with Crippen LogP contribution in [0.2, 0.25) is 0 Å². The fraction of sp³-hybridized carbons (Fsp3) is 0.333. The van der Waals surface area contributed by atoms with E-state index in [9.17, 15) is 14.0 Å². The number of amides is 1. The number of Topliss-reactive ketones (excluding diaryl/α,β-unsaturated/α-hetero) is 1. The zero-order valence-corrected chi connectivity index (χ0v) is 13.9. The van der Waals surface area contributed by atoms with Gasteiger partial charge in [-0.2, -0.15) is 0 Å². The van der Waals surface area contributed by atoms with Gasteiger partial charge in [-0.3, -0.25) is 9.59 Å². The summed E-state index contributed by atoms with van der Waals surface area (Å²) in [5, 5.41) is 2.48. The molecule has 0 aromatic heterocycles. The summed E-state index contributed by atoms with van der Waals surface area (Å²) in [7, 11) is 0. The number of carbonyl (C=O) groups is 2. The van der Waals surface area contributed by atoms with Crippen molar-refractivity contribution in [3.05, 3.63) is 39.9 Å². The third kappa shape index (κ3) is 4.89. The molecule has 0 saturated carbocycles. The average molecular weight is 327 g/mol. The fourth-order valence-electron chi connectivity index (χ4n) is 1.72. The predicted molar refractivity (Wildman–Crippen MR) is 89.0 cm³/mol. The van der Waals surface area contributed by atoms with E-state index in [-0.39, 0.29) is 17.0 Å². The molecule has 6 heteroatoms. The Balaban J connectivity index is 3.10. The maximum Gasteiger partial charge on any atom is 0.261 e. The number of nitrogens with one attached hydrogen (secondary N) is 1. The molecule has 1 rings (SSSR count). The molecule has 3 nitrogen and oxygen atoms in total. The summed E-state index contributed by atoms with van der Waals surface area (Å²) >= 11 is 2.68. The van der Waals surface area contributed by atoms with Gasteiger partial charge in [0.1, 0.15) is 11.4 Å². The van der Waals surface area contributed by atoms with Crippen molar-refractivity contribution in [3.8, 4) is 0 Å². The van der Waals surface area contributed by atoms with Gasteiger partial charge >= 0.3 is 0 Å². The standard InChI is InChI=1S/C15H18FNO2S2/c1-4-7-12(18)13(15(20-2)21-3)14(19)17-11-9-6-5-8-10(11)16/h5-6,8-9H,4,7H2,1-3H3,(H,17,19). The number of ketones is 1. The Morgan fingerprint density at radius 1 is 1.19 bits per heavy atom. The maximum absolute atomic E-state index is 13.6. The zero-order chi connectivity index (χ0) is 15.8. The number of benzene rings is 1. The van der Waals surface area contributed by atoms with E-state index in [0.29, 0.717) is 17.1 Å². The number of para-hydroxylation sites is 1. The molecule has 0 bridgehead atoms. The highest BCUT2D eigenvalue weighted by Crippen LogP contribution is 2.29. The van der Waals surface area contributed by atoms with Gasteiger partial charge in [-0.05, 0) is 31.1 Å². The minimum absolute atomic E-state index is 0.0749. The van der Waals surface area contributed by atoms with Crippen LogP contribution in [-0.4, -0.2) is 24.2 Å². The van der Waals surface area contributed by atoms with Crippen LogP contribution in [0.25, 0.3) is 0 Å². The van der Waals surface area contributed by atoms with Crippen molar-refractivity contribution in [1.29, 1.82) is 0 Å². The first-order valence-corrected chi connectivity index (χ1v) is 8.91. The molecule has 1 amide bonds. The number of thioether (sulfide) groups is 2. The first-order chi connectivity index (χ1) is 10.0. The smallest absolute Gasteiger partial charge is 0.261 e. The summed E-state index contributed by atoms with van der Waals surface area (Å²) < 4.78 is 14.2. The van der Waals surface area contributed by atoms with Crippen LogP contribution < -0.4 is 5.32 Å².